The van der Waals surface area contributed by atoms with Crippen LogP contribution in [0.4, 0.5) is 0 Å². The molecule has 70 valence electrons. The number of hydrogen-bond donors (Lipinski definition) is 1. The third-order valence-corrected chi connectivity index (χ3v) is 1.81. The topological polar surface area (TPSA) is 58.9 Å². The molecule has 0 fully saturated rings. The molecule has 0 unspecified atom stereocenters. The van der Waals surface area contributed by atoms with Crippen LogP contribution < -0.4 is 0 Å². The van der Waals surface area contributed by atoms with Gasteiger partial charge < -0.3 is 5.11 Å². The van der Waals surface area contributed by atoms with Gasteiger partial charge in [-0.3, -0.25) is 4.98 Å². The Kier molecular flexibility index (Phi) is 2.46. The van der Waals surface area contributed by atoms with Gasteiger partial charge in [-0.1, -0.05) is 6.07 Å². The molecule has 1 N–H and O–H groups in total. The third-order valence-electron chi connectivity index (χ3n) is 1.81. The number of aliphatic hydroxyl groups excluding tert-OH is 1. The summed E-state index contributed by atoms with van der Waals surface area (Å²) in [7, 11) is 0. The summed E-state index contributed by atoms with van der Waals surface area (Å²) in [6.45, 7) is -0.0878. The fraction of sp³-hybridized carbons (Fsp3) is 0.100. The number of aliphatic hydroxyl groups is 1. The molecule has 0 aliphatic rings. The van der Waals surface area contributed by atoms with E-state index in [-0.39, 0.29) is 6.61 Å². The minimum absolute atomic E-state index is 0.0878. The minimum Gasteiger partial charge on any atom is -0.390 e. The Hall–Kier alpha value is -1.81. The van der Waals surface area contributed by atoms with Gasteiger partial charge in [-0.25, -0.2) is 0 Å². The van der Waals surface area contributed by atoms with E-state index in [9.17, 15) is 0 Å². The van der Waals surface area contributed by atoms with Crippen molar-refractivity contribution in [3.8, 4) is 11.4 Å². The van der Waals surface area contributed by atoms with Crippen molar-refractivity contribution in [1.82, 2.24) is 15.2 Å². The van der Waals surface area contributed by atoms with Crippen molar-refractivity contribution in [2.75, 3.05) is 0 Å². The summed E-state index contributed by atoms with van der Waals surface area (Å²) in [5, 5.41) is 16.6. The summed E-state index contributed by atoms with van der Waals surface area (Å²) in [5.74, 6) is 0. The molecule has 0 amide bonds. The van der Waals surface area contributed by atoms with Gasteiger partial charge in [0.1, 0.15) is 5.69 Å². The lowest BCUT2D eigenvalue weighted by Gasteiger charge is -1.98. The highest BCUT2D eigenvalue weighted by Gasteiger charge is 2.00. The first kappa shape index (κ1) is 8.77. The molecule has 0 aliphatic carbocycles. The normalized spacial score (nSPS) is 10.1. The van der Waals surface area contributed by atoms with Crippen LogP contribution in [0.15, 0.2) is 36.5 Å². The Morgan fingerprint density at radius 1 is 1.00 bits per heavy atom. The molecule has 0 radical (unpaired) electrons. The Bertz CT molecular complexity index is 399. The smallest absolute Gasteiger partial charge is 0.111 e. The molecule has 0 saturated carbocycles. The highest BCUT2D eigenvalue weighted by atomic mass is 16.3. The Balaban J connectivity index is 2.34. The average molecular weight is 187 g/mol. The molecule has 0 spiro atoms. The van der Waals surface area contributed by atoms with E-state index in [1.165, 1.54) is 0 Å². The van der Waals surface area contributed by atoms with Crippen molar-refractivity contribution in [1.29, 1.82) is 0 Å². The lowest BCUT2D eigenvalue weighted by atomic mass is 10.2. The van der Waals surface area contributed by atoms with Gasteiger partial charge in [-0.2, -0.15) is 5.10 Å². The van der Waals surface area contributed by atoms with E-state index in [0.29, 0.717) is 11.4 Å². The van der Waals surface area contributed by atoms with Crippen LogP contribution in [0.5, 0.6) is 0 Å². The SMILES string of the molecule is OCc1ccc(-c2ccccn2)nn1. The molecule has 2 aromatic heterocycles. The standard InChI is InChI=1S/C10H9N3O/c14-7-8-4-5-10(13-12-8)9-3-1-2-6-11-9/h1-6,14H,7H2. The first-order chi connectivity index (χ1) is 6.90. The van der Waals surface area contributed by atoms with Gasteiger partial charge >= 0.3 is 0 Å². The van der Waals surface area contributed by atoms with Gasteiger partial charge in [0.25, 0.3) is 0 Å². The predicted molar refractivity (Wildman–Crippen MR) is 51.2 cm³/mol. The molecule has 2 rings (SSSR count). The van der Waals surface area contributed by atoms with Crippen LogP contribution in [-0.2, 0) is 6.61 Å². The van der Waals surface area contributed by atoms with Gasteiger partial charge in [0.2, 0.25) is 0 Å². The van der Waals surface area contributed by atoms with E-state index < -0.39 is 0 Å². The molecule has 2 aromatic rings. The second kappa shape index (κ2) is 3.93. The van der Waals surface area contributed by atoms with Crippen LogP contribution in [0.3, 0.4) is 0 Å². The van der Waals surface area contributed by atoms with E-state index in [1.807, 2.05) is 18.2 Å². The summed E-state index contributed by atoms with van der Waals surface area (Å²) in [6.07, 6.45) is 1.71. The van der Waals surface area contributed by atoms with Crippen LogP contribution in [0, 0.1) is 0 Å². The summed E-state index contributed by atoms with van der Waals surface area (Å²) >= 11 is 0. The number of nitrogens with zero attached hydrogens (tertiary/aromatic N) is 3. The lowest BCUT2D eigenvalue weighted by molar-refractivity contribution is 0.275. The molecular weight excluding hydrogens is 178 g/mol. The maximum atomic E-state index is 8.78. The van der Waals surface area contributed by atoms with E-state index >= 15 is 0 Å². The first-order valence-corrected chi connectivity index (χ1v) is 4.25. The minimum atomic E-state index is -0.0878. The Morgan fingerprint density at radius 2 is 1.93 bits per heavy atom. The lowest BCUT2D eigenvalue weighted by Crippen LogP contribution is -1.94. The highest BCUT2D eigenvalue weighted by molar-refractivity contribution is 5.52. The zero-order chi connectivity index (χ0) is 9.80. The van der Waals surface area contributed by atoms with Gasteiger partial charge in [0, 0.05) is 6.20 Å². The number of hydrogen-bond acceptors (Lipinski definition) is 4. The first-order valence-electron chi connectivity index (χ1n) is 4.25. The van der Waals surface area contributed by atoms with Gasteiger partial charge in [-0.05, 0) is 24.3 Å². The molecule has 0 bridgehead atoms. The average Bonchev–Trinajstić information content (AvgIpc) is 2.30. The maximum Gasteiger partial charge on any atom is 0.111 e. The number of aromatic nitrogens is 3. The fourth-order valence-electron chi connectivity index (χ4n) is 1.10. The maximum absolute atomic E-state index is 8.78. The van der Waals surface area contributed by atoms with Crippen LogP contribution in [0.2, 0.25) is 0 Å². The molecule has 4 nitrogen and oxygen atoms in total. The summed E-state index contributed by atoms with van der Waals surface area (Å²) < 4.78 is 0. The molecule has 0 aliphatic heterocycles. The predicted octanol–water partition coefficient (Wildman–Crippen LogP) is 1.03. The third kappa shape index (κ3) is 1.75. The molecule has 0 saturated heterocycles. The van der Waals surface area contributed by atoms with Crippen molar-refractivity contribution in [2.45, 2.75) is 6.61 Å². The highest BCUT2D eigenvalue weighted by Crippen LogP contribution is 2.11. The number of pyridine rings is 1. The quantitative estimate of drug-likeness (QED) is 0.762. The summed E-state index contributed by atoms with van der Waals surface area (Å²) in [5.41, 5.74) is 2.05. The molecule has 0 aromatic carbocycles. The molecule has 4 heteroatoms. The zero-order valence-corrected chi connectivity index (χ0v) is 7.46. The van der Waals surface area contributed by atoms with E-state index in [4.69, 9.17) is 5.11 Å². The van der Waals surface area contributed by atoms with Crippen molar-refractivity contribution in [3.05, 3.63) is 42.2 Å². The van der Waals surface area contributed by atoms with Crippen molar-refractivity contribution in [3.63, 3.8) is 0 Å². The molecule has 14 heavy (non-hydrogen) atoms. The van der Waals surface area contributed by atoms with Gasteiger partial charge in [0.05, 0.1) is 18.0 Å². The van der Waals surface area contributed by atoms with E-state index in [1.54, 1.807) is 18.3 Å². The van der Waals surface area contributed by atoms with Crippen LogP contribution >= 0.6 is 0 Å². The van der Waals surface area contributed by atoms with Crippen molar-refractivity contribution in [2.24, 2.45) is 0 Å². The van der Waals surface area contributed by atoms with E-state index in [0.717, 1.165) is 5.69 Å². The van der Waals surface area contributed by atoms with Crippen molar-refractivity contribution >= 4 is 0 Å². The van der Waals surface area contributed by atoms with Gasteiger partial charge in [-0.15, -0.1) is 5.10 Å². The largest absolute Gasteiger partial charge is 0.390 e. The Labute approximate surface area is 81.3 Å². The van der Waals surface area contributed by atoms with Gasteiger partial charge in [0.15, 0.2) is 0 Å². The second-order valence-electron chi connectivity index (χ2n) is 2.78. The Morgan fingerprint density at radius 3 is 2.50 bits per heavy atom. The van der Waals surface area contributed by atoms with E-state index in [2.05, 4.69) is 15.2 Å². The molecule has 2 heterocycles. The monoisotopic (exact) mass is 187 g/mol. The van der Waals surface area contributed by atoms with Crippen LogP contribution in [0.1, 0.15) is 5.69 Å². The van der Waals surface area contributed by atoms with Crippen LogP contribution in [0.25, 0.3) is 11.4 Å². The summed E-state index contributed by atoms with van der Waals surface area (Å²) in [6, 6.07) is 9.13. The second-order valence-corrected chi connectivity index (χ2v) is 2.78. The summed E-state index contributed by atoms with van der Waals surface area (Å²) in [4.78, 5) is 4.14. The van der Waals surface area contributed by atoms with Crippen LogP contribution in [-0.4, -0.2) is 20.3 Å². The molecule has 0 atom stereocenters. The zero-order valence-electron chi connectivity index (χ0n) is 7.46. The number of rotatable bonds is 2. The van der Waals surface area contributed by atoms with Crippen molar-refractivity contribution < 1.29 is 5.11 Å². The molecular formula is C10H9N3O. The fourth-order valence-corrected chi connectivity index (χ4v) is 1.10.